The average molecular weight is 772 g/mol. The summed E-state index contributed by atoms with van der Waals surface area (Å²) in [5, 5.41) is 20.0. The molecule has 3 amide bonds. The van der Waals surface area contributed by atoms with E-state index in [0.717, 1.165) is 24.8 Å². The molecule has 4 aliphatic rings. The lowest BCUT2D eigenvalue weighted by molar-refractivity contribution is -0.146. The normalized spacial score (nSPS) is 36.1. The van der Waals surface area contributed by atoms with E-state index < -0.39 is 29.9 Å². The van der Waals surface area contributed by atoms with E-state index in [9.17, 15) is 24.3 Å². The van der Waals surface area contributed by atoms with Gasteiger partial charge in [0.25, 0.3) is 0 Å². The fourth-order valence-electron chi connectivity index (χ4n) is 6.50. The molecule has 13 heteroatoms. The number of halogens is 1. The number of hydrogen-bond acceptors (Lipinski definition) is 9. The number of carbonyl (C=O) groups excluding carboxylic acids is 4. The zero-order valence-electron chi connectivity index (χ0n) is 27.9. The van der Waals surface area contributed by atoms with E-state index in [-0.39, 0.29) is 66.5 Å². The summed E-state index contributed by atoms with van der Waals surface area (Å²) in [4.78, 5) is 47.8. The molecule has 262 valence electrons. The van der Waals surface area contributed by atoms with Gasteiger partial charge in [-0.3, -0.25) is 19.2 Å². The third-order valence-electron chi connectivity index (χ3n) is 9.33. The van der Waals surface area contributed by atoms with Gasteiger partial charge in [0.2, 0.25) is 17.7 Å². The van der Waals surface area contributed by atoms with Gasteiger partial charge < -0.3 is 40.0 Å². The van der Waals surface area contributed by atoms with E-state index in [1.54, 1.807) is 13.0 Å². The molecule has 3 saturated heterocycles. The van der Waals surface area contributed by atoms with Gasteiger partial charge in [0.1, 0.15) is 23.9 Å². The van der Waals surface area contributed by atoms with Crippen LogP contribution in [0, 0.1) is 5.92 Å². The standard InChI is InChI=1S/C34H50IN3O9/c1-19(6-9-28-20(2)12-27(22(4)46-28)38-30(40)11-8-21(3)45-23(5)39)7-10-29-33(43)34(18-44-34)16-26(47-29)15-31(41)36-24-13-25(14-24)37-32(42)17-35/h6-8,10-11,20-22,24-29,33,43H,9,12-18H2,1-5H3,(H,36,41)(H,37,42)(H,38,40)/b10-7+,11-8-,19-6+/t20-,21-,22+,24-,25-,26+,27+,28-,29+,33+,34+/m0/s1. The van der Waals surface area contributed by atoms with Crippen LogP contribution in [0.4, 0.5) is 0 Å². The maximum absolute atomic E-state index is 12.8. The van der Waals surface area contributed by atoms with Gasteiger partial charge in [0.15, 0.2) is 0 Å². The average Bonchev–Trinajstić information content (AvgIpc) is 3.76. The minimum absolute atomic E-state index is 0.00968. The number of amides is 3. The third kappa shape index (κ3) is 11.1. The molecule has 1 spiro atoms. The van der Waals surface area contributed by atoms with Gasteiger partial charge in [0.05, 0.1) is 41.8 Å². The summed E-state index contributed by atoms with van der Waals surface area (Å²) in [5.41, 5.74) is 0.317. The summed E-state index contributed by atoms with van der Waals surface area (Å²) in [6, 6.07) is 0.0143. The van der Waals surface area contributed by atoms with E-state index in [4.69, 9.17) is 18.9 Å². The van der Waals surface area contributed by atoms with Crippen molar-refractivity contribution in [2.75, 3.05) is 11.0 Å². The summed E-state index contributed by atoms with van der Waals surface area (Å²) in [6.07, 6.45) is 9.85. The Morgan fingerprint density at radius 3 is 2.34 bits per heavy atom. The molecule has 0 aromatic heterocycles. The molecule has 0 aromatic carbocycles. The van der Waals surface area contributed by atoms with E-state index in [1.807, 2.05) is 48.6 Å². The number of alkyl halides is 1. The number of rotatable bonds is 13. The summed E-state index contributed by atoms with van der Waals surface area (Å²) in [7, 11) is 0. The molecule has 47 heavy (non-hydrogen) atoms. The number of nitrogens with one attached hydrogen (secondary N) is 3. The Balaban J connectivity index is 1.23. The Morgan fingerprint density at radius 2 is 1.70 bits per heavy atom. The number of ether oxygens (including phenoxy) is 4. The van der Waals surface area contributed by atoms with Crippen LogP contribution in [0.3, 0.4) is 0 Å². The van der Waals surface area contributed by atoms with Crippen LogP contribution in [0.25, 0.3) is 0 Å². The molecule has 0 radical (unpaired) electrons. The van der Waals surface area contributed by atoms with Gasteiger partial charge in [-0.1, -0.05) is 53.3 Å². The molecule has 3 aliphatic heterocycles. The smallest absolute Gasteiger partial charge is 0.303 e. The third-order valence-corrected chi connectivity index (χ3v) is 10.0. The summed E-state index contributed by atoms with van der Waals surface area (Å²) < 4.78 is 23.6. The van der Waals surface area contributed by atoms with Crippen LogP contribution in [0.5, 0.6) is 0 Å². The van der Waals surface area contributed by atoms with Crippen LogP contribution >= 0.6 is 22.6 Å². The van der Waals surface area contributed by atoms with Crippen molar-refractivity contribution >= 4 is 46.3 Å². The zero-order valence-corrected chi connectivity index (χ0v) is 30.1. The molecule has 4 rings (SSSR count). The van der Waals surface area contributed by atoms with Crippen LogP contribution in [0.2, 0.25) is 0 Å². The van der Waals surface area contributed by atoms with Crippen LogP contribution in [-0.2, 0) is 38.1 Å². The summed E-state index contributed by atoms with van der Waals surface area (Å²) in [6.45, 7) is 9.51. The predicted molar refractivity (Wildman–Crippen MR) is 182 cm³/mol. The number of aliphatic hydroxyl groups is 1. The summed E-state index contributed by atoms with van der Waals surface area (Å²) in [5.74, 6) is -0.545. The molecular weight excluding hydrogens is 721 g/mol. The second-order valence-corrected chi connectivity index (χ2v) is 14.3. The Labute approximate surface area is 290 Å². The molecular formula is C34H50IN3O9. The van der Waals surface area contributed by atoms with Gasteiger partial charge in [-0.25, -0.2) is 0 Å². The number of allylic oxidation sites excluding steroid dienone is 2. The lowest BCUT2D eigenvalue weighted by atomic mass is 9.85. The van der Waals surface area contributed by atoms with Gasteiger partial charge in [-0.2, -0.15) is 0 Å². The number of esters is 1. The fourth-order valence-corrected chi connectivity index (χ4v) is 6.72. The van der Waals surface area contributed by atoms with Crippen molar-refractivity contribution in [1.29, 1.82) is 0 Å². The van der Waals surface area contributed by atoms with Crippen molar-refractivity contribution in [3.63, 3.8) is 0 Å². The van der Waals surface area contributed by atoms with Crippen molar-refractivity contribution in [3.8, 4) is 0 Å². The maximum atomic E-state index is 12.8. The number of hydrogen-bond donors (Lipinski definition) is 4. The fraction of sp³-hybridized carbons (Fsp3) is 0.706. The summed E-state index contributed by atoms with van der Waals surface area (Å²) >= 11 is 2.03. The van der Waals surface area contributed by atoms with Gasteiger partial charge in [-0.05, 0) is 58.4 Å². The van der Waals surface area contributed by atoms with Crippen molar-refractivity contribution in [3.05, 3.63) is 36.0 Å². The number of carbonyl (C=O) groups is 4. The lowest BCUT2D eigenvalue weighted by Gasteiger charge is -2.39. The van der Waals surface area contributed by atoms with E-state index in [2.05, 4.69) is 29.0 Å². The number of epoxide rings is 1. The predicted octanol–water partition coefficient (Wildman–Crippen LogP) is 2.56. The SMILES string of the molecule is CC(=O)O[C@@H](C)/C=C\C(=O)N[C@@H]1C[C@H](C)[C@H](C/C=C(C)/C=C/[C@H]2O[C@H](CC(=O)N[C@H]3C[C@H](NC(=O)CI)C3)C[C@@]3(CO3)[C@@H]2O)O[C@@H]1C. The second-order valence-electron chi connectivity index (χ2n) is 13.5. The molecule has 9 atom stereocenters. The maximum Gasteiger partial charge on any atom is 0.303 e. The molecule has 3 heterocycles. The minimum atomic E-state index is -0.825. The molecule has 1 aliphatic carbocycles. The minimum Gasteiger partial charge on any atom is -0.459 e. The Morgan fingerprint density at radius 1 is 1.02 bits per heavy atom. The van der Waals surface area contributed by atoms with Crippen LogP contribution in [0.1, 0.15) is 73.1 Å². The van der Waals surface area contributed by atoms with Crippen molar-refractivity contribution in [1.82, 2.24) is 16.0 Å². The van der Waals surface area contributed by atoms with Gasteiger partial charge in [0, 0.05) is 31.5 Å². The van der Waals surface area contributed by atoms with Crippen molar-refractivity contribution < 1.29 is 43.2 Å². The highest BCUT2D eigenvalue weighted by Gasteiger charge is 2.58. The van der Waals surface area contributed by atoms with Crippen LogP contribution in [0.15, 0.2) is 36.0 Å². The molecule has 4 N–H and O–H groups in total. The number of aliphatic hydroxyl groups excluding tert-OH is 1. The van der Waals surface area contributed by atoms with Crippen molar-refractivity contribution in [2.45, 2.75) is 133 Å². The highest BCUT2D eigenvalue weighted by molar-refractivity contribution is 14.1. The Bertz CT molecular complexity index is 1230. The van der Waals surface area contributed by atoms with Crippen molar-refractivity contribution in [2.24, 2.45) is 5.92 Å². The zero-order chi connectivity index (χ0) is 34.3. The first-order valence-corrected chi connectivity index (χ1v) is 18.1. The van der Waals surface area contributed by atoms with Gasteiger partial charge >= 0.3 is 5.97 Å². The van der Waals surface area contributed by atoms with Crippen LogP contribution < -0.4 is 16.0 Å². The topological polar surface area (TPSA) is 165 Å². The van der Waals surface area contributed by atoms with E-state index in [1.165, 1.54) is 13.0 Å². The molecule has 1 saturated carbocycles. The second kappa shape index (κ2) is 16.9. The first kappa shape index (κ1) is 37.5. The quantitative estimate of drug-likeness (QED) is 0.0551. The lowest BCUT2D eigenvalue weighted by Crippen LogP contribution is -2.55. The monoisotopic (exact) mass is 771 g/mol. The molecule has 12 nitrogen and oxygen atoms in total. The highest BCUT2D eigenvalue weighted by Crippen LogP contribution is 2.43. The molecule has 4 fully saturated rings. The molecule has 0 unspecified atom stereocenters. The first-order valence-electron chi connectivity index (χ1n) is 16.6. The molecule has 0 aromatic rings. The molecule has 0 bridgehead atoms. The van der Waals surface area contributed by atoms with Gasteiger partial charge in [-0.15, -0.1) is 0 Å². The first-order chi connectivity index (χ1) is 22.3. The Hall–Kier alpha value is -2.33. The highest BCUT2D eigenvalue weighted by atomic mass is 127. The Kier molecular flexibility index (Phi) is 13.4. The van der Waals surface area contributed by atoms with Crippen LogP contribution in [-0.4, -0.2) is 100 Å². The largest absolute Gasteiger partial charge is 0.459 e. The van der Waals surface area contributed by atoms with E-state index >= 15 is 0 Å². The van der Waals surface area contributed by atoms with E-state index in [0.29, 0.717) is 23.9 Å².